The molecule has 21 heavy (non-hydrogen) atoms. The van der Waals surface area contributed by atoms with Crippen molar-refractivity contribution in [3.8, 4) is 0 Å². The highest BCUT2D eigenvalue weighted by molar-refractivity contribution is 5.02. The van der Waals surface area contributed by atoms with Gasteiger partial charge in [0, 0.05) is 25.2 Å². The fourth-order valence-corrected chi connectivity index (χ4v) is 3.10. The van der Waals surface area contributed by atoms with Gasteiger partial charge in [0.1, 0.15) is 5.76 Å². The number of nitrogens with one attached hydrogen (secondary N) is 1. The standard InChI is InChI=1S/C17H25N3O/c1-14(12-17-8-5-11-21-17)18-13-15-9-10-20(19-15)16-6-3-2-4-7-16/h5,8-11,14,16,18H,2-4,6-7,12-13H2,1H3. The third-order valence-electron chi connectivity index (χ3n) is 4.33. The molecule has 0 amide bonds. The van der Waals surface area contributed by atoms with E-state index in [1.807, 2.05) is 12.1 Å². The minimum atomic E-state index is 0.385. The molecule has 0 radical (unpaired) electrons. The van der Waals surface area contributed by atoms with E-state index in [1.165, 1.54) is 32.1 Å². The molecule has 0 spiro atoms. The Hall–Kier alpha value is -1.55. The molecule has 0 aromatic carbocycles. The Morgan fingerprint density at radius 3 is 2.95 bits per heavy atom. The summed E-state index contributed by atoms with van der Waals surface area (Å²) in [5.41, 5.74) is 1.13. The van der Waals surface area contributed by atoms with Crippen LogP contribution in [0.5, 0.6) is 0 Å². The van der Waals surface area contributed by atoms with Crippen molar-refractivity contribution in [2.45, 2.75) is 64.1 Å². The predicted molar refractivity (Wildman–Crippen MR) is 83.1 cm³/mol. The van der Waals surface area contributed by atoms with Crippen molar-refractivity contribution in [3.63, 3.8) is 0 Å². The number of hydrogen-bond donors (Lipinski definition) is 1. The highest BCUT2D eigenvalue weighted by Gasteiger charge is 2.16. The van der Waals surface area contributed by atoms with Crippen LogP contribution in [0.3, 0.4) is 0 Å². The van der Waals surface area contributed by atoms with Crippen molar-refractivity contribution >= 4 is 0 Å². The van der Waals surface area contributed by atoms with E-state index in [0.717, 1.165) is 24.4 Å². The second kappa shape index (κ2) is 6.94. The zero-order chi connectivity index (χ0) is 14.5. The van der Waals surface area contributed by atoms with E-state index in [1.54, 1.807) is 6.26 Å². The average Bonchev–Trinajstić information content (AvgIpc) is 3.17. The van der Waals surface area contributed by atoms with Crippen LogP contribution in [-0.2, 0) is 13.0 Å². The number of rotatable bonds is 6. The highest BCUT2D eigenvalue weighted by atomic mass is 16.3. The predicted octanol–water partition coefficient (Wildman–Crippen LogP) is 3.70. The van der Waals surface area contributed by atoms with E-state index >= 15 is 0 Å². The summed E-state index contributed by atoms with van der Waals surface area (Å²) in [7, 11) is 0. The molecule has 1 fully saturated rings. The molecule has 1 aliphatic rings. The third-order valence-corrected chi connectivity index (χ3v) is 4.33. The Kier molecular flexibility index (Phi) is 4.76. The molecule has 3 rings (SSSR count). The van der Waals surface area contributed by atoms with E-state index in [-0.39, 0.29) is 0 Å². The molecule has 4 heteroatoms. The van der Waals surface area contributed by atoms with Gasteiger partial charge in [0.25, 0.3) is 0 Å². The monoisotopic (exact) mass is 287 g/mol. The van der Waals surface area contributed by atoms with Gasteiger partial charge in [-0.25, -0.2) is 0 Å². The van der Waals surface area contributed by atoms with Crippen LogP contribution >= 0.6 is 0 Å². The summed E-state index contributed by atoms with van der Waals surface area (Å²) in [4.78, 5) is 0. The van der Waals surface area contributed by atoms with Crippen LogP contribution in [0.1, 0.15) is 56.5 Å². The quantitative estimate of drug-likeness (QED) is 0.881. The summed E-state index contributed by atoms with van der Waals surface area (Å²) < 4.78 is 7.55. The van der Waals surface area contributed by atoms with Crippen LogP contribution in [0, 0.1) is 0 Å². The van der Waals surface area contributed by atoms with Gasteiger partial charge in [-0.05, 0) is 38.0 Å². The summed E-state index contributed by atoms with van der Waals surface area (Å²) in [5, 5.41) is 8.25. The maximum atomic E-state index is 5.38. The topological polar surface area (TPSA) is 43.0 Å². The lowest BCUT2D eigenvalue weighted by molar-refractivity contribution is 0.327. The zero-order valence-corrected chi connectivity index (χ0v) is 12.8. The average molecular weight is 287 g/mol. The Balaban J connectivity index is 1.48. The van der Waals surface area contributed by atoms with Gasteiger partial charge in [-0.2, -0.15) is 5.10 Å². The van der Waals surface area contributed by atoms with Gasteiger partial charge < -0.3 is 9.73 Å². The lowest BCUT2D eigenvalue weighted by atomic mass is 9.96. The van der Waals surface area contributed by atoms with Gasteiger partial charge in [-0.1, -0.05) is 19.3 Å². The minimum absolute atomic E-state index is 0.385. The van der Waals surface area contributed by atoms with Gasteiger partial charge in [-0.3, -0.25) is 4.68 Å². The van der Waals surface area contributed by atoms with Gasteiger partial charge >= 0.3 is 0 Å². The first-order valence-electron chi connectivity index (χ1n) is 8.11. The molecule has 1 unspecified atom stereocenters. The molecule has 2 aromatic heterocycles. The van der Waals surface area contributed by atoms with E-state index < -0.39 is 0 Å². The minimum Gasteiger partial charge on any atom is -0.469 e. The van der Waals surface area contributed by atoms with Gasteiger partial charge in [0.2, 0.25) is 0 Å². The van der Waals surface area contributed by atoms with Crippen molar-refractivity contribution in [3.05, 3.63) is 42.1 Å². The van der Waals surface area contributed by atoms with Crippen molar-refractivity contribution < 1.29 is 4.42 Å². The van der Waals surface area contributed by atoms with Crippen molar-refractivity contribution in [2.75, 3.05) is 0 Å². The summed E-state index contributed by atoms with van der Waals surface area (Å²) in [6, 6.07) is 7.11. The number of furan rings is 1. The van der Waals surface area contributed by atoms with Crippen molar-refractivity contribution in [1.82, 2.24) is 15.1 Å². The lowest BCUT2D eigenvalue weighted by Crippen LogP contribution is -2.27. The molecule has 2 aromatic rings. The second-order valence-electron chi connectivity index (χ2n) is 6.14. The number of aromatic nitrogens is 2. The Bertz CT molecular complexity index is 526. The lowest BCUT2D eigenvalue weighted by Gasteiger charge is -2.21. The van der Waals surface area contributed by atoms with Crippen LogP contribution in [-0.4, -0.2) is 15.8 Å². The smallest absolute Gasteiger partial charge is 0.105 e. The van der Waals surface area contributed by atoms with Crippen LogP contribution in [0.4, 0.5) is 0 Å². The van der Waals surface area contributed by atoms with Gasteiger partial charge in [0.15, 0.2) is 0 Å². The molecule has 1 atom stereocenters. The first-order valence-corrected chi connectivity index (χ1v) is 8.11. The summed E-state index contributed by atoms with van der Waals surface area (Å²) in [6.07, 6.45) is 11.4. The van der Waals surface area contributed by atoms with Crippen molar-refractivity contribution in [1.29, 1.82) is 0 Å². The summed E-state index contributed by atoms with van der Waals surface area (Å²) >= 11 is 0. The Labute approximate surface area is 126 Å². The first-order chi connectivity index (χ1) is 10.3. The maximum Gasteiger partial charge on any atom is 0.105 e. The Morgan fingerprint density at radius 1 is 1.33 bits per heavy atom. The van der Waals surface area contributed by atoms with E-state index in [9.17, 15) is 0 Å². The molecule has 1 saturated carbocycles. The van der Waals surface area contributed by atoms with E-state index in [4.69, 9.17) is 9.52 Å². The van der Waals surface area contributed by atoms with E-state index in [2.05, 4.69) is 29.2 Å². The number of hydrogen-bond acceptors (Lipinski definition) is 3. The van der Waals surface area contributed by atoms with Crippen molar-refractivity contribution in [2.24, 2.45) is 0 Å². The molecule has 0 aliphatic heterocycles. The molecule has 1 aliphatic carbocycles. The fraction of sp³-hybridized carbons (Fsp3) is 0.588. The molecule has 4 nitrogen and oxygen atoms in total. The van der Waals surface area contributed by atoms with Crippen LogP contribution in [0.25, 0.3) is 0 Å². The molecule has 2 heterocycles. The molecule has 1 N–H and O–H groups in total. The molecule has 0 bridgehead atoms. The third kappa shape index (κ3) is 3.97. The van der Waals surface area contributed by atoms with Crippen LogP contribution in [0.15, 0.2) is 35.1 Å². The molecular formula is C17H25N3O. The maximum absolute atomic E-state index is 5.38. The second-order valence-corrected chi connectivity index (χ2v) is 6.14. The molecular weight excluding hydrogens is 262 g/mol. The first kappa shape index (κ1) is 14.4. The van der Waals surface area contributed by atoms with Crippen LogP contribution < -0.4 is 5.32 Å². The summed E-state index contributed by atoms with van der Waals surface area (Å²) in [6.45, 7) is 3.00. The normalized spacial score (nSPS) is 18.0. The van der Waals surface area contributed by atoms with Gasteiger partial charge in [-0.15, -0.1) is 0 Å². The SMILES string of the molecule is CC(Cc1ccco1)NCc1ccn(C2CCCCC2)n1. The fourth-order valence-electron chi connectivity index (χ4n) is 3.10. The zero-order valence-electron chi connectivity index (χ0n) is 12.8. The molecule has 0 saturated heterocycles. The van der Waals surface area contributed by atoms with E-state index in [0.29, 0.717) is 12.1 Å². The highest BCUT2D eigenvalue weighted by Crippen LogP contribution is 2.27. The number of nitrogens with zero attached hydrogens (tertiary/aromatic N) is 2. The largest absolute Gasteiger partial charge is 0.469 e. The van der Waals surface area contributed by atoms with Gasteiger partial charge in [0.05, 0.1) is 18.0 Å². The Morgan fingerprint density at radius 2 is 2.19 bits per heavy atom. The summed E-state index contributed by atoms with van der Waals surface area (Å²) in [5.74, 6) is 1.03. The molecule has 114 valence electrons. The van der Waals surface area contributed by atoms with Crippen LogP contribution in [0.2, 0.25) is 0 Å².